The van der Waals surface area contributed by atoms with Gasteiger partial charge in [0.1, 0.15) is 5.75 Å². The fourth-order valence-electron chi connectivity index (χ4n) is 7.01. The second-order valence-corrected chi connectivity index (χ2v) is 15.0. The first-order chi connectivity index (χ1) is 21.6. The lowest BCUT2D eigenvalue weighted by Gasteiger charge is -2.45. The number of hydrogen-bond acceptors (Lipinski definition) is 6. The lowest BCUT2D eigenvalue weighted by molar-refractivity contribution is 0.0456. The molecule has 2 aromatic rings. The molecule has 1 amide bonds. The SMILES string of the molecule is C=CCCC(=C)S(=O)(=O)NC(=O)c1ccc2c(c1)N(C[C@@H]1CC[C@H]1C(O)/C=C/CCC)C[C@@]1(CCCc3cc(Cl)ccc31)CO2. The molecule has 1 aliphatic heterocycles. The molecule has 2 N–H and O–H groups in total. The third-order valence-electron chi connectivity index (χ3n) is 9.69. The minimum absolute atomic E-state index is 0.0592. The lowest BCUT2D eigenvalue weighted by Crippen LogP contribution is -2.49. The highest BCUT2D eigenvalue weighted by Crippen LogP contribution is 2.46. The van der Waals surface area contributed by atoms with Gasteiger partial charge in [-0.3, -0.25) is 4.79 Å². The molecule has 0 saturated heterocycles. The Hall–Kier alpha value is -3.07. The number of carbonyl (C=O) groups excluding carboxylic acids is 1. The van der Waals surface area contributed by atoms with E-state index in [0.29, 0.717) is 31.9 Å². The van der Waals surface area contributed by atoms with Crippen molar-refractivity contribution in [3.05, 3.63) is 94.4 Å². The molecule has 0 aromatic heterocycles. The average Bonchev–Trinajstić information content (AvgIpc) is 3.14. The summed E-state index contributed by atoms with van der Waals surface area (Å²) < 4.78 is 34.4. The van der Waals surface area contributed by atoms with Crippen molar-refractivity contribution < 1.29 is 23.1 Å². The fraction of sp³-hybridized carbons (Fsp3) is 0.472. The summed E-state index contributed by atoms with van der Waals surface area (Å²) >= 11 is 6.40. The molecule has 2 aromatic carbocycles. The maximum atomic E-state index is 13.3. The van der Waals surface area contributed by atoms with Gasteiger partial charge < -0.3 is 14.7 Å². The number of nitrogens with zero attached hydrogens (tertiary/aromatic N) is 1. The smallest absolute Gasteiger partial charge is 0.265 e. The van der Waals surface area contributed by atoms with E-state index in [2.05, 4.69) is 47.9 Å². The van der Waals surface area contributed by atoms with Crippen molar-refractivity contribution in [2.45, 2.75) is 76.2 Å². The van der Waals surface area contributed by atoms with Crippen molar-refractivity contribution >= 4 is 33.2 Å². The second kappa shape index (κ2) is 14.1. The Morgan fingerprint density at radius 3 is 2.80 bits per heavy atom. The van der Waals surface area contributed by atoms with Gasteiger partial charge in [0.25, 0.3) is 15.9 Å². The molecule has 9 heteroatoms. The molecular formula is C36H45ClN2O5S. The number of nitrogens with one attached hydrogen (secondary N) is 1. The molecule has 45 heavy (non-hydrogen) atoms. The minimum atomic E-state index is -4.05. The van der Waals surface area contributed by atoms with Crippen LogP contribution < -0.4 is 14.4 Å². The van der Waals surface area contributed by atoms with Gasteiger partial charge in [-0.05, 0) is 105 Å². The van der Waals surface area contributed by atoms with E-state index in [0.717, 1.165) is 55.7 Å². The van der Waals surface area contributed by atoms with Crippen LogP contribution in [0.4, 0.5) is 5.69 Å². The third-order valence-corrected chi connectivity index (χ3v) is 11.3. The van der Waals surface area contributed by atoms with Gasteiger partial charge in [0.2, 0.25) is 0 Å². The van der Waals surface area contributed by atoms with Crippen LogP contribution in [0.3, 0.4) is 0 Å². The predicted octanol–water partition coefficient (Wildman–Crippen LogP) is 7.10. The number of anilines is 1. The number of sulfonamides is 1. The summed E-state index contributed by atoms with van der Waals surface area (Å²) in [7, 11) is -4.05. The first-order valence-corrected chi connectivity index (χ1v) is 17.9. The number of hydrogen-bond donors (Lipinski definition) is 2. The van der Waals surface area contributed by atoms with Gasteiger partial charge in [-0.25, -0.2) is 13.1 Å². The monoisotopic (exact) mass is 652 g/mol. The normalized spacial score (nSPS) is 23.3. The van der Waals surface area contributed by atoms with Crippen molar-refractivity contribution in [3.8, 4) is 5.75 Å². The second-order valence-electron chi connectivity index (χ2n) is 12.8. The zero-order chi connectivity index (χ0) is 32.2. The summed E-state index contributed by atoms with van der Waals surface area (Å²) in [6, 6.07) is 11.3. The number of benzene rings is 2. The molecular weight excluding hydrogens is 608 g/mol. The Morgan fingerprint density at radius 1 is 1.24 bits per heavy atom. The van der Waals surface area contributed by atoms with Gasteiger partial charge in [-0.2, -0.15) is 0 Å². The Balaban J connectivity index is 1.47. The summed E-state index contributed by atoms with van der Waals surface area (Å²) in [5.74, 6) is 0.347. The zero-order valence-corrected chi connectivity index (χ0v) is 27.7. The van der Waals surface area contributed by atoms with Crippen LogP contribution in [0.5, 0.6) is 5.75 Å². The standard InChI is InChI=1S/C36H45ClN2O5S/c1-4-6-8-12-33(40)30-16-13-28(30)22-39-23-36(19-9-11-26-20-29(37)15-17-31(26)36)24-44-34-18-14-27(21-32(34)39)35(41)38-45(42,43)25(3)10-7-5-2/h5,8,12,14-15,17-18,20-21,28,30,33,40H,2-4,6-7,9-11,13,16,19,22-24H2,1H3,(H,38,41)/b12-8+/t28-,30+,33?,36-/m0/s1. The van der Waals surface area contributed by atoms with E-state index in [1.165, 1.54) is 11.1 Å². The summed E-state index contributed by atoms with van der Waals surface area (Å²) in [5.41, 5.74) is 3.17. The first-order valence-electron chi connectivity index (χ1n) is 16.1. The van der Waals surface area contributed by atoms with Crippen LogP contribution in [-0.4, -0.2) is 45.2 Å². The van der Waals surface area contributed by atoms with E-state index >= 15 is 0 Å². The van der Waals surface area contributed by atoms with Gasteiger partial charge in [0, 0.05) is 29.1 Å². The van der Waals surface area contributed by atoms with E-state index in [1.807, 2.05) is 12.1 Å². The Kier molecular flexibility index (Phi) is 10.5. The Bertz CT molecular complexity index is 1570. The van der Waals surface area contributed by atoms with Crippen molar-refractivity contribution in [2.24, 2.45) is 11.8 Å². The molecule has 1 saturated carbocycles. The molecule has 0 bridgehead atoms. The van der Waals surface area contributed by atoms with E-state index in [9.17, 15) is 18.3 Å². The molecule has 1 heterocycles. The maximum Gasteiger partial charge on any atom is 0.265 e. The lowest BCUT2D eigenvalue weighted by atomic mass is 9.68. The van der Waals surface area contributed by atoms with Gasteiger partial charge in [-0.15, -0.1) is 6.58 Å². The fourth-order valence-corrected chi connectivity index (χ4v) is 8.09. The average molecular weight is 653 g/mol. The predicted molar refractivity (Wildman–Crippen MR) is 181 cm³/mol. The Morgan fingerprint density at radius 2 is 2.07 bits per heavy atom. The topological polar surface area (TPSA) is 95.9 Å². The molecule has 2 aliphatic carbocycles. The number of aliphatic hydroxyl groups is 1. The highest BCUT2D eigenvalue weighted by molar-refractivity contribution is 7.93. The molecule has 5 rings (SSSR count). The van der Waals surface area contributed by atoms with Crippen molar-refractivity contribution in [1.82, 2.24) is 4.72 Å². The molecule has 0 radical (unpaired) electrons. The van der Waals surface area contributed by atoms with Crippen LogP contribution in [0, 0.1) is 11.8 Å². The number of halogens is 1. The van der Waals surface area contributed by atoms with E-state index < -0.39 is 22.0 Å². The number of aryl methyl sites for hydroxylation is 1. The summed E-state index contributed by atoms with van der Waals surface area (Å²) in [6.45, 7) is 11.2. The minimum Gasteiger partial charge on any atom is -0.490 e. The van der Waals surface area contributed by atoms with Crippen molar-refractivity contribution in [2.75, 3.05) is 24.6 Å². The van der Waals surface area contributed by atoms with Crippen LogP contribution in [0.25, 0.3) is 0 Å². The van der Waals surface area contributed by atoms with E-state index in [4.69, 9.17) is 16.3 Å². The van der Waals surface area contributed by atoms with Crippen LogP contribution in [0.15, 0.2) is 72.7 Å². The molecule has 1 fully saturated rings. The summed E-state index contributed by atoms with van der Waals surface area (Å²) in [6.07, 6.45) is 12.6. The quantitative estimate of drug-likeness (QED) is 0.238. The van der Waals surface area contributed by atoms with Gasteiger partial charge in [-0.1, -0.05) is 55.8 Å². The molecule has 7 nitrogen and oxygen atoms in total. The van der Waals surface area contributed by atoms with Gasteiger partial charge >= 0.3 is 0 Å². The molecule has 1 unspecified atom stereocenters. The van der Waals surface area contributed by atoms with Crippen LogP contribution in [0.1, 0.15) is 79.8 Å². The number of fused-ring (bicyclic) bond motifs is 3. The number of rotatable bonds is 12. The van der Waals surface area contributed by atoms with E-state index in [-0.39, 0.29) is 34.1 Å². The number of carbonyl (C=O) groups is 1. The largest absolute Gasteiger partial charge is 0.490 e. The zero-order valence-electron chi connectivity index (χ0n) is 26.1. The van der Waals surface area contributed by atoms with Crippen LogP contribution in [0.2, 0.25) is 5.02 Å². The van der Waals surface area contributed by atoms with Crippen LogP contribution >= 0.6 is 11.6 Å². The Labute approximate surface area is 273 Å². The number of unbranched alkanes of at least 4 members (excludes halogenated alkanes) is 1. The summed E-state index contributed by atoms with van der Waals surface area (Å²) in [4.78, 5) is 15.5. The first kappa shape index (κ1) is 33.3. The highest BCUT2D eigenvalue weighted by atomic mass is 35.5. The highest BCUT2D eigenvalue weighted by Gasteiger charge is 2.44. The molecule has 3 aliphatic rings. The van der Waals surface area contributed by atoms with E-state index in [1.54, 1.807) is 24.3 Å². The number of aliphatic hydroxyl groups excluding tert-OH is 1. The number of allylic oxidation sites excluding steroid dienone is 3. The summed E-state index contributed by atoms with van der Waals surface area (Å²) in [5, 5.41) is 11.7. The molecule has 242 valence electrons. The molecule has 4 atom stereocenters. The van der Waals surface area contributed by atoms with Crippen molar-refractivity contribution in [1.29, 1.82) is 0 Å². The number of amides is 1. The third kappa shape index (κ3) is 7.34. The van der Waals surface area contributed by atoms with Crippen molar-refractivity contribution in [3.63, 3.8) is 0 Å². The maximum absolute atomic E-state index is 13.3. The van der Waals surface area contributed by atoms with Crippen LogP contribution in [-0.2, 0) is 21.9 Å². The van der Waals surface area contributed by atoms with Gasteiger partial charge in [0.15, 0.2) is 0 Å². The van der Waals surface area contributed by atoms with Gasteiger partial charge in [0.05, 0.1) is 23.3 Å². The molecule has 1 spiro atoms. The number of ether oxygens (including phenoxy) is 1.